The molecule has 2 aromatic carbocycles. The molecule has 7 heteroatoms. The van der Waals surface area contributed by atoms with E-state index in [4.69, 9.17) is 4.74 Å². The zero-order valence-corrected chi connectivity index (χ0v) is 14.2. The minimum atomic E-state index is -0.612. The number of benzene rings is 2. The molecule has 0 unspecified atom stereocenters. The molecule has 124 valence electrons. The van der Waals surface area contributed by atoms with Gasteiger partial charge in [-0.3, -0.25) is 14.9 Å². The fourth-order valence-corrected chi connectivity index (χ4v) is 2.25. The lowest BCUT2D eigenvalue weighted by Crippen LogP contribution is -2.41. The van der Waals surface area contributed by atoms with Crippen molar-refractivity contribution in [2.45, 2.75) is 6.54 Å². The number of hydrogen-bond donors (Lipinski definition) is 2. The van der Waals surface area contributed by atoms with E-state index in [-0.39, 0.29) is 12.4 Å². The molecule has 6 nitrogen and oxygen atoms in total. The molecule has 2 rings (SSSR count). The highest BCUT2D eigenvalue weighted by Gasteiger charge is 2.10. The SMILES string of the molecule is O=Cc1cc(Br)ccc1OCC(=O)NC(=O)NCc1ccccc1. The fourth-order valence-electron chi connectivity index (χ4n) is 1.87. The molecule has 2 aromatic rings. The van der Waals surface area contributed by atoms with Gasteiger partial charge in [-0.15, -0.1) is 0 Å². The second-order valence-corrected chi connectivity index (χ2v) is 5.72. The van der Waals surface area contributed by atoms with Gasteiger partial charge in [0.15, 0.2) is 12.9 Å². The number of rotatable bonds is 6. The maximum atomic E-state index is 11.7. The molecule has 0 aliphatic carbocycles. The van der Waals surface area contributed by atoms with E-state index in [9.17, 15) is 14.4 Å². The van der Waals surface area contributed by atoms with E-state index in [0.29, 0.717) is 18.4 Å². The van der Waals surface area contributed by atoms with Crippen LogP contribution in [-0.4, -0.2) is 24.8 Å². The molecule has 0 radical (unpaired) electrons. The molecule has 0 heterocycles. The van der Waals surface area contributed by atoms with E-state index < -0.39 is 11.9 Å². The van der Waals surface area contributed by atoms with Gasteiger partial charge >= 0.3 is 6.03 Å². The fraction of sp³-hybridized carbons (Fsp3) is 0.118. The summed E-state index contributed by atoms with van der Waals surface area (Å²) in [6.45, 7) is -0.0654. The number of carbonyl (C=O) groups is 3. The highest BCUT2D eigenvalue weighted by atomic mass is 79.9. The van der Waals surface area contributed by atoms with Crippen LogP contribution in [0.5, 0.6) is 5.75 Å². The van der Waals surface area contributed by atoms with Crippen LogP contribution in [0.15, 0.2) is 53.0 Å². The zero-order chi connectivity index (χ0) is 17.4. The van der Waals surface area contributed by atoms with Crippen molar-refractivity contribution in [1.29, 1.82) is 0 Å². The van der Waals surface area contributed by atoms with Gasteiger partial charge in [0.25, 0.3) is 5.91 Å². The quantitative estimate of drug-likeness (QED) is 0.742. The third-order valence-corrected chi connectivity index (χ3v) is 3.50. The molecule has 24 heavy (non-hydrogen) atoms. The Labute approximate surface area is 147 Å². The van der Waals surface area contributed by atoms with Gasteiger partial charge in [0, 0.05) is 11.0 Å². The number of urea groups is 1. The summed E-state index contributed by atoms with van der Waals surface area (Å²) in [5.41, 5.74) is 1.23. The van der Waals surface area contributed by atoms with Crippen molar-refractivity contribution in [3.63, 3.8) is 0 Å². The van der Waals surface area contributed by atoms with Crippen molar-refractivity contribution >= 4 is 34.2 Å². The van der Waals surface area contributed by atoms with Crippen LogP contribution in [0.25, 0.3) is 0 Å². The molecule has 0 atom stereocenters. The van der Waals surface area contributed by atoms with Gasteiger partial charge in [-0.25, -0.2) is 4.79 Å². The second kappa shape index (κ2) is 8.83. The average molecular weight is 391 g/mol. The first-order chi connectivity index (χ1) is 11.6. The summed E-state index contributed by atoms with van der Waals surface area (Å²) >= 11 is 3.24. The van der Waals surface area contributed by atoms with Crippen molar-refractivity contribution in [2.24, 2.45) is 0 Å². The third kappa shape index (κ3) is 5.51. The smallest absolute Gasteiger partial charge is 0.321 e. The van der Waals surface area contributed by atoms with Gasteiger partial charge < -0.3 is 10.1 Å². The lowest BCUT2D eigenvalue weighted by molar-refractivity contribution is -0.122. The summed E-state index contributed by atoms with van der Waals surface area (Å²) < 4.78 is 5.99. The number of hydrogen-bond acceptors (Lipinski definition) is 4. The molecular formula is C17H15BrN2O4. The minimum Gasteiger partial charge on any atom is -0.483 e. The molecule has 0 saturated carbocycles. The van der Waals surface area contributed by atoms with E-state index in [0.717, 1.165) is 10.0 Å². The molecule has 0 aromatic heterocycles. The summed E-state index contributed by atoms with van der Waals surface area (Å²) in [4.78, 5) is 34.3. The summed E-state index contributed by atoms with van der Waals surface area (Å²) in [6, 6.07) is 13.5. The van der Waals surface area contributed by atoms with Gasteiger partial charge in [-0.1, -0.05) is 46.3 Å². The average Bonchev–Trinajstić information content (AvgIpc) is 2.59. The number of amides is 3. The number of ether oxygens (including phenoxy) is 1. The Balaban J connectivity index is 1.78. The van der Waals surface area contributed by atoms with Crippen LogP contribution in [0.3, 0.4) is 0 Å². The minimum absolute atomic E-state index is 0.271. The van der Waals surface area contributed by atoms with E-state index in [1.807, 2.05) is 30.3 Å². The van der Waals surface area contributed by atoms with Crippen LogP contribution < -0.4 is 15.4 Å². The Morgan fingerprint density at radius 1 is 1.12 bits per heavy atom. The van der Waals surface area contributed by atoms with E-state index in [1.54, 1.807) is 18.2 Å². The number of aldehydes is 1. The Hall–Kier alpha value is -2.67. The number of halogens is 1. The number of nitrogens with one attached hydrogen (secondary N) is 2. The molecule has 0 fully saturated rings. The van der Waals surface area contributed by atoms with Crippen LogP contribution in [0.1, 0.15) is 15.9 Å². The molecule has 3 amide bonds. The first-order valence-electron chi connectivity index (χ1n) is 7.07. The largest absolute Gasteiger partial charge is 0.483 e. The summed E-state index contributed by atoms with van der Waals surface area (Å²) in [5.74, 6) is -0.339. The summed E-state index contributed by atoms with van der Waals surface area (Å²) in [5, 5.41) is 4.73. The van der Waals surface area contributed by atoms with Crippen LogP contribution >= 0.6 is 15.9 Å². The molecule has 2 N–H and O–H groups in total. The monoisotopic (exact) mass is 390 g/mol. The van der Waals surface area contributed by atoms with Gasteiger partial charge in [0.2, 0.25) is 0 Å². The molecule has 0 saturated heterocycles. The van der Waals surface area contributed by atoms with Crippen LogP contribution in [0, 0.1) is 0 Å². The van der Waals surface area contributed by atoms with E-state index in [2.05, 4.69) is 26.6 Å². The normalized spacial score (nSPS) is 9.88. The first kappa shape index (κ1) is 17.7. The molecule has 0 spiro atoms. The number of carbonyl (C=O) groups excluding carboxylic acids is 3. The van der Waals surface area contributed by atoms with Crippen molar-refractivity contribution in [3.8, 4) is 5.75 Å². The van der Waals surface area contributed by atoms with Crippen molar-refractivity contribution in [3.05, 3.63) is 64.1 Å². The molecule has 0 bridgehead atoms. The van der Waals surface area contributed by atoms with Crippen LogP contribution in [-0.2, 0) is 11.3 Å². The molecule has 0 aliphatic heterocycles. The van der Waals surface area contributed by atoms with E-state index >= 15 is 0 Å². The van der Waals surface area contributed by atoms with E-state index in [1.165, 1.54) is 0 Å². The predicted molar refractivity (Wildman–Crippen MR) is 91.8 cm³/mol. The predicted octanol–water partition coefficient (Wildman–Crippen LogP) is 2.67. The molecule has 0 aliphatic rings. The molecular weight excluding hydrogens is 376 g/mol. The first-order valence-corrected chi connectivity index (χ1v) is 7.87. The van der Waals surface area contributed by atoms with Gasteiger partial charge in [-0.05, 0) is 23.8 Å². The van der Waals surface area contributed by atoms with Gasteiger partial charge in [0.1, 0.15) is 5.75 Å². The summed E-state index contributed by atoms with van der Waals surface area (Å²) in [6.07, 6.45) is 0.630. The maximum absolute atomic E-state index is 11.7. The highest BCUT2D eigenvalue weighted by molar-refractivity contribution is 9.10. The third-order valence-electron chi connectivity index (χ3n) is 3.01. The lowest BCUT2D eigenvalue weighted by atomic mass is 10.2. The standard InChI is InChI=1S/C17H15BrN2O4/c18-14-6-7-15(13(8-14)10-21)24-11-16(22)20-17(23)19-9-12-4-2-1-3-5-12/h1-8,10H,9,11H2,(H2,19,20,22,23). The number of imide groups is 1. The van der Waals surface area contributed by atoms with Crippen molar-refractivity contribution in [2.75, 3.05) is 6.61 Å². The highest BCUT2D eigenvalue weighted by Crippen LogP contribution is 2.21. The van der Waals surface area contributed by atoms with Crippen LogP contribution in [0.4, 0.5) is 4.79 Å². The second-order valence-electron chi connectivity index (χ2n) is 4.81. The topological polar surface area (TPSA) is 84.5 Å². The zero-order valence-electron chi connectivity index (χ0n) is 12.6. The maximum Gasteiger partial charge on any atom is 0.321 e. The van der Waals surface area contributed by atoms with Crippen molar-refractivity contribution in [1.82, 2.24) is 10.6 Å². The Kier molecular flexibility index (Phi) is 6.51. The lowest BCUT2D eigenvalue weighted by Gasteiger charge is -2.09. The van der Waals surface area contributed by atoms with Gasteiger partial charge in [-0.2, -0.15) is 0 Å². The Morgan fingerprint density at radius 3 is 2.58 bits per heavy atom. The van der Waals surface area contributed by atoms with Gasteiger partial charge in [0.05, 0.1) is 5.56 Å². The summed E-state index contributed by atoms with van der Waals surface area (Å²) in [7, 11) is 0. The van der Waals surface area contributed by atoms with Crippen LogP contribution in [0.2, 0.25) is 0 Å². The van der Waals surface area contributed by atoms with Crippen molar-refractivity contribution < 1.29 is 19.1 Å². The Morgan fingerprint density at radius 2 is 1.88 bits per heavy atom. The Bertz CT molecular complexity index is 735.